The summed E-state index contributed by atoms with van der Waals surface area (Å²) in [5.74, 6) is 0.334. The highest BCUT2D eigenvalue weighted by Crippen LogP contribution is 2.22. The summed E-state index contributed by atoms with van der Waals surface area (Å²) in [6.07, 6.45) is 3.72. The zero-order chi connectivity index (χ0) is 16.9. The van der Waals surface area contributed by atoms with Crippen LogP contribution >= 0.6 is 11.3 Å². The maximum absolute atomic E-state index is 12.1. The molecule has 6 nitrogen and oxygen atoms in total. The zero-order valence-corrected chi connectivity index (χ0v) is 13.7. The van der Waals surface area contributed by atoms with Gasteiger partial charge in [0.15, 0.2) is 11.3 Å². The van der Waals surface area contributed by atoms with Crippen molar-refractivity contribution in [2.24, 2.45) is 0 Å². The maximum atomic E-state index is 12.1. The molecular weight excluding hydrogens is 326 g/mol. The van der Waals surface area contributed by atoms with Crippen LogP contribution in [0.3, 0.4) is 0 Å². The molecule has 0 saturated carbocycles. The minimum atomic E-state index is -0.476. The fraction of sp³-hybridized carbons (Fsp3) is 0.118. The van der Waals surface area contributed by atoms with Gasteiger partial charge in [-0.05, 0) is 23.8 Å². The zero-order valence-electron chi connectivity index (χ0n) is 12.9. The monoisotopic (exact) mass is 341 g/mol. The van der Waals surface area contributed by atoms with E-state index in [1.54, 1.807) is 25.4 Å². The van der Waals surface area contributed by atoms with E-state index in [4.69, 9.17) is 4.74 Å². The highest BCUT2D eigenvalue weighted by molar-refractivity contribution is 7.15. The molecule has 122 valence electrons. The molecule has 3 rings (SSSR count). The molecule has 3 aromatic rings. The van der Waals surface area contributed by atoms with Crippen molar-refractivity contribution in [1.82, 2.24) is 4.98 Å². The number of hydrogen-bond acceptors (Lipinski definition) is 5. The molecule has 0 aliphatic heterocycles. The number of rotatable bonds is 5. The van der Waals surface area contributed by atoms with Crippen LogP contribution in [-0.4, -0.2) is 18.0 Å². The molecule has 7 heteroatoms. The topological polar surface area (TPSA) is 78.2 Å². The van der Waals surface area contributed by atoms with Gasteiger partial charge in [0.2, 0.25) is 0 Å². The van der Waals surface area contributed by atoms with E-state index in [0.29, 0.717) is 16.3 Å². The van der Waals surface area contributed by atoms with E-state index < -0.39 is 5.91 Å². The van der Waals surface area contributed by atoms with Gasteiger partial charge in [-0.25, -0.2) is 4.98 Å². The number of pyridine rings is 1. The van der Waals surface area contributed by atoms with Crippen LogP contribution in [0.15, 0.2) is 54.9 Å². The minimum Gasteiger partial charge on any atom is -0.618 e. The third-order valence-electron chi connectivity index (χ3n) is 3.37. The molecule has 0 unspecified atom stereocenters. The van der Waals surface area contributed by atoms with E-state index in [1.165, 1.54) is 23.6 Å². The van der Waals surface area contributed by atoms with Crippen LogP contribution in [0.2, 0.25) is 0 Å². The van der Waals surface area contributed by atoms with E-state index in [-0.39, 0.29) is 5.69 Å². The lowest BCUT2D eigenvalue weighted by atomic mass is 10.1. The van der Waals surface area contributed by atoms with Gasteiger partial charge in [-0.15, -0.1) is 11.3 Å². The molecule has 1 N–H and O–H groups in total. The average molecular weight is 341 g/mol. The summed E-state index contributed by atoms with van der Waals surface area (Å²) in [5.41, 5.74) is 1.15. The van der Waals surface area contributed by atoms with E-state index in [1.807, 2.05) is 24.3 Å². The molecule has 1 amide bonds. The second-order valence-electron chi connectivity index (χ2n) is 5.02. The molecule has 0 atom stereocenters. The quantitative estimate of drug-likeness (QED) is 0.571. The fourth-order valence-electron chi connectivity index (χ4n) is 2.16. The van der Waals surface area contributed by atoms with Gasteiger partial charge in [0, 0.05) is 29.6 Å². The number of carbonyl (C=O) groups is 1. The van der Waals surface area contributed by atoms with Gasteiger partial charge in [0.1, 0.15) is 5.75 Å². The van der Waals surface area contributed by atoms with E-state index in [9.17, 15) is 10.0 Å². The molecule has 0 radical (unpaired) electrons. The van der Waals surface area contributed by atoms with Gasteiger partial charge in [-0.3, -0.25) is 10.1 Å². The second kappa shape index (κ2) is 7.10. The van der Waals surface area contributed by atoms with Gasteiger partial charge in [0.25, 0.3) is 5.69 Å². The first kappa shape index (κ1) is 15.9. The Labute approximate surface area is 143 Å². The number of ether oxygens (including phenoxy) is 1. The summed E-state index contributed by atoms with van der Waals surface area (Å²) in [6, 6.07) is 12.5. The molecule has 1 aromatic carbocycles. The summed E-state index contributed by atoms with van der Waals surface area (Å²) < 4.78 is 5.66. The van der Waals surface area contributed by atoms with Crippen molar-refractivity contribution in [3.8, 4) is 5.75 Å². The first-order chi connectivity index (χ1) is 11.7. The molecule has 0 aliphatic rings. The largest absolute Gasteiger partial charge is 0.618 e. The van der Waals surface area contributed by atoms with Gasteiger partial charge in [-0.2, -0.15) is 4.73 Å². The Morgan fingerprint density at radius 3 is 2.79 bits per heavy atom. The summed E-state index contributed by atoms with van der Waals surface area (Å²) in [7, 11) is 1.63. The standard InChI is InChI=1S/C17H15N3O3S/c1-23-13-7-5-12(6-8-13)10-14-11-18-17(24-14)19-16(21)15-4-2-3-9-20(15)22/h2-9,11H,10H2,1H3,(H,18,19,21). The van der Waals surface area contributed by atoms with Crippen molar-refractivity contribution in [2.75, 3.05) is 12.4 Å². The van der Waals surface area contributed by atoms with Crippen LogP contribution in [0.1, 0.15) is 20.9 Å². The van der Waals surface area contributed by atoms with Gasteiger partial charge in [0.05, 0.1) is 7.11 Å². The number of methoxy groups -OCH3 is 1. The number of carbonyl (C=O) groups excluding carboxylic acids is 1. The van der Waals surface area contributed by atoms with Gasteiger partial charge >= 0.3 is 5.91 Å². The molecular formula is C17H15N3O3S. The summed E-state index contributed by atoms with van der Waals surface area (Å²) in [4.78, 5) is 17.3. The third kappa shape index (κ3) is 3.69. The van der Waals surface area contributed by atoms with Crippen LogP contribution in [0.5, 0.6) is 5.75 Å². The first-order valence-corrected chi connectivity index (χ1v) is 8.04. The Kier molecular flexibility index (Phi) is 4.72. The smallest absolute Gasteiger partial charge is 0.323 e. The maximum Gasteiger partial charge on any atom is 0.323 e. The molecule has 0 spiro atoms. The third-order valence-corrected chi connectivity index (χ3v) is 4.28. The Morgan fingerprint density at radius 2 is 2.08 bits per heavy atom. The lowest BCUT2D eigenvalue weighted by Gasteiger charge is -2.03. The summed E-state index contributed by atoms with van der Waals surface area (Å²) >= 11 is 1.38. The van der Waals surface area contributed by atoms with Gasteiger partial charge < -0.3 is 9.94 Å². The van der Waals surface area contributed by atoms with Crippen LogP contribution in [0.25, 0.3) is 0 Å². The number of nitrogens with one attached hydrogen (secondary N) is 1. The number of anilines is 1. The van der Waals surface area contributed by atoms with E-state index in [2.05, 4.69) is 10.3 Å². The van der Waals surface area contributed by atoms with Crippen LogP contribution in [-0.2, 0) is 6.42 Å². The highest BCUT2D eigenvalue weighted by atomic mass is 32.1. The normalized spacial score (nSPS) is 10.4. The number of benzene rings is 1. The Bertz CT molecular complexity index is 846. The summed E-state index contributed by atoms with van der Waals surface area (Å²) in [5, 5.41) is 14.7. The van der Waals surface area contributed by atoms with E-state index in [0.717, 1.165) is 16.2 Å². The molecule has 24 heavy (non-hydrogen) atoms. The number of hydrogen-bond donors (Lipinski definition) is 1. The molecule has 0 fully saturated rings. The van der Waals surface area contributed by atoms with E-state index >= 15 is 0 Å². The molecule has 0 saturated heterocycles. The number of nitrogens with zero attached hydrogens (tertiary/aromatic N) is 2. The minimum absolute atomic E-state index is 0.0319. The van der Waals surface area contributed by atoms with Crippen molar-refractivity contribution in [3.63, 3.8) is 0 Å². The molecule has 0 bridgehead atoms. The predicted molar refractivity (Wildman–Crippen MR) is 91.3 cm³/mol. The van der Waals surface area contributed by atoms with Crippen LogP contribution in [0, 0.1) is 5.21 Å². The Balaban J connectivity index is 1.67. The Hall–Kier alpha value is -2.93. The van der Waals surface area contributed by atoms with Crippen molar-refractivity contribution >= 4 is 22.4 Å². The summed E-state index contributed by atoms with van der Waals surface area (Å²) in [6.45, 7) is 0. The second-order valence-corrected chi connectivity index (χ2v) is 6.14. The average Bonchev–Trinajstić information content (AvgIpc) is 3.02. The fourth-order valence-corrected chi connectivity index (χ4v) is 3.00. The lowest BCUT2D eigenvalue weighted by Crippen LogP contribution is -2.36. The van der Waals surface area contributed by atoms with Gasteiger partial charge in [-0.1, -0.05) is 12.1 Å². The van der Waals surface area contributed by atoms with Crippen molar-refractivity contribution < 1.29 is 14.3 Å². The van der Waals surface area contributed by atoms with Crippen molar-refractivity contribution in [1.29, 1.82) is 0 Å². The highest BCUT2D eigenvalue weighted by Gasteiger charge is 2.16. The first-order valence-electron chi connectivity index (χ1n) is 7.23. The number of amides is 1. The SMILES string of the molecule is COc1ccc(Cc2cnc(NC(=O)c3cccc[n+]3[O-])s2)cc1. The molecule has 2 heterocycles. The predicted octanol–water partition coefficient (Wildman–Crippen LogP) is 2.63. The Morgan fingerprint density at radius 1 is 1.29 bits per heavy atom. The number of aromatic nitrogens is 2. The molecule has 2 aromatic heterocycles. The lowest BCUT2D eigenvalue weighted by molar-refractivity contribution is -0.607. The van der Waals surface area contributed by atoms with Crippen molar-refractivity contribution in [2.45, 2.75) is 6.42 Å². The van der Waals surface area contributed by atoms with Crippen LogP contribution in [0.4, 0.5) is 5.13 Å². The number of thiazole rings is 1. The van der Waals surface area contributed by atoms with Crippen molar-refractivity contribution in [3.05, 3.63) is 76.2 Å². The van der Waals surface area contributed by atoms with Crippen LogP contribution < -0.4 is 14.8 Å². The molecule has 0 aliphatic carbocycles.